The van der Waals surface area contributed by atoms with Gasteiger partial charge in [-0.3, -0.25) is 4.79 Å². The maximum absolute atomic E-state index is 12.4. The van der Waals surface area contributed by atoms with Crippen molar-refractivity contribution >= 4 is 5.97 Å². The summed E-state index contributed by atoms with van der Waals surface area (Å²) >= 11 is 0. The Morgan fingerprint density at radius 2 is 1.89 bits per heavy atom. The molecule has 0 aliphatic heterocycles. The lowest BCUT2D eigenvalue weighted by atomic mass is 9.69. The molecule has 2 bridgehead atoms. The molecule has 0 spiro atoms. The van der Waals surface area contributed by atoms with Gasteiger partial charge in [0.15, 0.2) is 0 Å². The summed E-state index contributed by atoms with van der Waals surface area (Å²) in [6.45, 7) is 2.65. The first-order valence-corrected chi connectivity index (χ1v) is 8.16. The number of fused-ring (bicyclic) bond motifs is 2. The van der Waals surface area contributed by atoms with E-state index in [1.165, 1.54) is 38.5 Å². The van der Waals surface area contributed by atoms with Crippen molar-refractivity contribution in [3.8, 4) is 0 Å². The second kappa shape index (κ2) is 5.68. The molecule has 0 aromatic heterocycles. The van der Waals surface area contributed by atoms with Gasteiger partial charge >= 0.3 is 5.97 Å². The van der Waals surface area contributed by atoms with E-state index in [0.29, 0.717) is 24.4 Å². The first kappa shape index (κ1) is 13.2. The first-order chi connectivity index (χ1) is 9.31. The predicted octanol–water partition coefficient (Wildman–Crippen LogP) is 3.96. The Hall–Kier alpha value is -0.790. The Labute approximate surface area is 116 Å². The molecule has 2 nitrogen and oxygen atoms in total. The van der Waals surface area contributed by atoms with Crippen LogP contribution >= 0.6 is 0 Å². The fraction of sp³-hybridized carbons (Fsp3) is 0.824. The van der Waals surface area contributed by atoms with Crippen LogP contribution in [0.2, 0.25) is 0 Å². The highest BCUT2D eigenvalue weighted by Gasteiger charge is 2.51. The summed E-state index contributed by atoms with van der Waals surface area (Å²) in [7, 11) is 0. The molecule has 0 radical (unpaired) electrons. The minimum atomic E-state index is 0.0919. The van der Waals surface area contributed by atoms with Gasteiger partial charge in [-0.15, -0.1) is 0 Å². The highest BCUT2D eigenvalue weighted by Crippen LogP contribution is 2.54. The molecule has 0 saturated heterocycles. The first-order valence-electron chi connectivity index (χ1n) is 8.16. The molecule has 3 aliphatic rings. The van der Waals surface area contributed by atoms with Crippen LogP contribution in [0.15, 0.2) is 12.2 Å². The summed E-state index contributed by atoms with van der Waals surface area (Å²) in [6, 6.07) is 0. The smallest absolute Gasteiger partial charge is 0.309 e. The third-order valence-electron chi connectivity index (χ3n) is 5.43. The Morgan fingerprint density at radius 3 is 2.63 bits per heavy atom. The van der Waals surface area contributed by atoms with E-state index in [1.807, 2.05) is 0 Å². The fourth-order valence-electron chi connectivity index (χ4n) is 4.65. The van der Waals surface area contributed by atoms with E-state index >= 15 is 0 Å². The number of allylic oxidation sites excluding steroid dienone is 2. The van der Waals surface area contributed by atoms with E-state index in [1.54, 1.807) is 0 Å². The largest absolute Gasteiger partial charge is 0.465 e. The summed E-state index contributed by atoms with van der Waals surface area (Å²) in [6.07, 6.45) is 13.6. The van der Waals surface area contributed by atoms with Crippen molar-refractivity contribution in [2.75, 3.05) is 6.61 Å². The lowest BCUT2D eigenvalue weighted by Gasteiger charge is -2.35. The number of hydrogen-bond acceptors (Lipinski definition) is 2. The van der Waals surface area contributed by atoms with Crippen LogP contribution in [0.1, 0.15) is 51.9 Å². The molecule has 0 aromatic carbocycles. The van der Waals surface area contributed by atoms with Crippen LogP contribution in [0.5, 0.6) is 0 Å². The van der Waals surface area contributed by atoms with Crippen molar-refractivity contribution in [1.82, 2.24) is 0 Å². The molecule has 2 heteroatoms. The van der Waals surface area contributed by atoms with Gasteiger partial charge in [0.1, 0.15) is 0 Å². The van der Waals surface area contributed by atoms with Gasteiger partial charge in [-0.25, -0.2) is 0 Å². The standard InChI is InChI=1S/C17H26O2/c1-2-10-19-17(18)16-14-9-8-13(11-14)15(16)12-6-4-3-5-7-12/h8-9,12-16H,2-7,10-11H2,1H3. The monoisotopic (exact) mass is 262 g/mol. The highest BCUT2D eigenvalue weighted by molar-refractivity contribution is 5.74. The third kappa shape index (κ3) is 2.46. The molecule has 3 aliphatic carbocycles. The molecule has 0 N–H and O–H groups in total. The number of carbonyl (C=O) groups excluding carboxylic acids is 1. The van der Waals surface area contributed by atoms with Gasteiger partial charge in [-0.1, -0.05) is 51.2 Å². The van der Waals surface area contributed by atoms with Crippen LogP contribution < -0.4 is 0 Å². The van der Waals surface area contributed by atoms with Crippen molar-refractivity contribution in [1.29, 1.82) is 0 Å². The van der Waals surface area contributed by atoms with Gasteiger partial charge in [0.05, 0.1) is 12.5 Å². The predicted molar refractivity (Wildman–Crippen MR) is 75.5 cm³/mol. The molecular formula is C17H26O2. The molecule has 0 aromatic rings. The van der Waals surface area contributed by atoms with E-state index < -0.39 is 0 Å². The zero-order valence-corrected chi connectivity index (χ0v) is 12.0. The third-order valence-corrected chi connectivity index (χ3v) is 5.43. The van der Waals surface area contributed by atoms with E-state index in [2.05, 4.69) is 19.1 Å². The van der Waals surface area contributed by atoms with Crippen LogP contribution in [0.3, 0.4) is 0 Å². The van der Waals surface area contributed by atoms with Crippen molar-refractivity contribution in [3.63, 3.8) is 0 Å². The van der Waals surface area contributed by atoms with Crippen LogP contribution in [0, 0.1) is 29.6 Å². The van der Waals surface area contributed by atoms with Gasteiger partial charge < -0.3 is 4.74 Å². The van der Waals surface area contributed by atoms with Gasteiger partial charge in [-0.05, 0) is 36.5 Å². The average molecular weight is 262 g/mol. The summed E-state index contributed by atoms with van der Waals surface area (Å²) in [4.78, 5) is 12.4. The average Bonchev–Trinajstić information content (AvgIpc) is 3.06. The lowest BCUT2D eigenvalue weighted by molar-refractivity contribution is -0.152. The van der Waals surface area contributed by atoms with Gasteiger partial charge in [-0.2, -0.15) is 0 Å². The van der Waals surface area contributed by atoms with Crippen molar-refractivity contribution in [3.05, 3.63) is 12.2 Å². The van der Waals surface area contributed by atoms with Crippen LogP contribution in [-0.4, -0.2) is 12.6 Å². The molecule has 4 atom stereocenters. The zero-order chi connectivity index (χ0) is 13.2. The van der Waals surface area contributed by atoms with Gasteiger partial charge in [0.25, 0.3) is 0 Å². The molecule has 0 heterocycles. The molecular weight excluding hydrogens is 236 g/mol. The van der Waals surface area contributed by atoms with E-state index in [-0.39, 0.29) is 11.9 Å². The summed E-state index contributed by atoms with van der Waals surface area (Å²) in [5.41, 5.74) is 0. The lowest BCUT2D eigenvalue weighted by Crippen LogP contribution is -2.35. The summed E-state index contributed by atoms with van der Waals surface area (Å²) in [5, 5.41) is 0. The SMILES string of the molecule is CCCOC(=O)C1C2C=CC(C2)C1C1CCCCC1. The molecule has 106 valence electrons. The van der Waals surface area contributed by atoms with Crippen molar-refractivity contribution in [2.24, 2.45) is 29.6 Å². The molecule has 0 amide bonds. The molecule has 2 saturated carbocycles. The highest BCUT2D eigenvalue weighted by atomic mass is 16.5. The second-order valence-electron chi connectivity index (χ2n) is 6.62. The van der Waals surface area contributed by atoms with Crippen LogP contribution in [-0.2, 0) is 9.53 Å². The van der Waals surface area contributed by atoms with Gasteiger partial charge in [0.2, 0.25) is 0 Å². The van der Waals surface area contributed by atoms with Crippen LogP contribution in [0.4, 0.5) is 0 Å². The number of rotatable bonds is 4. The van der Waals surface area contributed by atoms with Crippen molar-refractivity contribution < 1.29 is 9.53 Å². The Morgan fingerprint density at radius 1 is 1.16 bits per heavy atom. The second-order valence-corrected chi connectivity index (χ2v) is 6.62. The Bertz CT molecular complexity index is 354. The molecule has 3 rings (SSSR count). The molecule has 2 fully saturated rings. The fourth-order valence-corrected chi connectivity index (χ4v) is 4.65. The van der Waals surface area contributed by atoms with E-state index in [4.69, 9.17) is 4.74 Å². The molecule has 19 heavy (non-hydrogen) atoms. The minimum Gasteiger partial charge on any atom is -0.465 e. The zero-order valence-electron chi connectivity index (χ0n) is 12.0. The van der Waals surface area contributed by atoms with E-state index in [9.17, 15) is 4.79 Å². The maximum atomic E-state index is 12.4. The number of esters is 1. The van der Waals surface area contributed by atoms with Crippen molar-refractivity contribution in [2.45, 2.75) is 51.9 Å². The maximum Gasteiger partial charge on any atom is 0.309 e. The number of ether oxygens (including phenoxy) is 1. The minimum absolute atomic E-state index is 0.0919. The summed E-state index contributed by atoms with van der Waals surface area (Å²) in [5.74, 6) is 2.75. The number of carbonyl (C=O) groups is 1. The number of hydrogen-bond donors (Lipinski definition) is 0. The Balaban J connectivity index is 1.72. The van der Waals surface area contributed by atoms with E-state index in [0.717, 1.165) is 12.3 Å². The Kier molecular flexibility index (Phi) is 3.95. The summed E-state index contributed by atoms with van der Waals surface area (Å²) < 4.78 is 5.48. The van der Waals surface area contributed by atoms with Gasteiger partial charge in [0, 0.05) is 0 Å². The normalized spacial score (nSPS) is 37.7. The van der Waals surface area contributed by atoms with Crippen LogP contribution in [0.25, 0.3) is 0 Å². The molecule has 4 unspecified atom stereocenters. The topological polar surface area (TPSA) is 26.3 Å². The quantitative estimate of drug-likeness (QED) is 0.566.